The molecule has 0 aliphatic carbocycles. The summed E-state index contributed by atoms with van der Waals surface area (Å²) in [7, 11) is 1.53. The van der Waals surface area contributed by atoms with Crippen LogP contribution in [0.2, 0.25) is 0 Å². The molecule has 1 aromatic rings. The van der Waals surface area contributed by atoms with Crippen molar-refractivity contribution in [3.8, 4) is 0 Å². The molecule has 0 fully saturated rings. The van der Waals surface area contributed by atoms with E-state index in [1.54, 1.807) is 0 Å². The van der Waals surface area contributed by atoms with Gasteiger partial charge in [-0.2, -0.15) is 0 Å². The van der Waals surface area contributed by atoms with E-state index in [-0.39, 0.29) is 12.3 Å². The van der Waals surface area contributed by atoms with Crippen LogP contribution >= 0.6 is 31.9 Å². The van der Waals surface area contributed by atoms with Crippen molar-refractivity contribution in [2.75, 3.05) is 12.4 Å². The number of aromatic nitrogens is 1. The maximum absolute atomic E-state index is 11.7. The van der Waals surface area contributed by atoms with E-state index in [1.807, 2.05) is 0 Å². The monoisotopic (exact) mass is 341 g/mol. The SMILES string of the molecule is COCn1oc(CCCBr)c(CBr)c1=O. The van der Waals surface area contributed by atoms with E-state index in [2.05, 4.69) is 31.9 Å². The molecular formula is C9H13Br2NO3. The molecule has 86 valence electrons. The van der Waals surface area contributed by atoms with Gasteiger partial charge >= 0.3 is 0 Å². The van der Waals surface area contributed by atoms with Gasteiger partial charge in [-0.15, -0.1) is 4.74 Å². The van der Waals surface area contributed by atoms with Crippen LogP contribution in [0.15, 0.2) is 9.32 Å². The molecule has 6 heteroatoms. The van der Waals surface area contributed by atoms with Gasteiger partial charge in [0.15, 0.2) is 6.73 Å². The van der Waals surface area contributed by atoms with Crippen LogP contribution < -0.4 is 5.56 Å². The second kappa shape index (κ2) is 6.50. The molecule has 0 atom stereocenters. The number of ether oxygens (including phenoxy) is 1. The van der Waals surface area contributed by atoms with Crippen LogP contribution in [0.25, 0.3) is 0 Å². The van der Waals surface area contributed by atoms with Crippen molar-refractivity contribution < 1.29 is 9.26 Å². The summed E-state index contributed by atoms with van der Waals surface area (Å²) in [5, 5.41) is 1.41. The quantitative estimate of drug-likeness (QED) is 0.745. The average Bonchev–Trinajstić information content (AvgIpc) is 2.53. The minimum Gasteiger partial charge on any atom is -0.378 e. The van der Waals surface area contributed by atoms with Crippen LogP contribution in [-0.2, 0) is 23.2 Å². The van der Waals surface area contributed by atoms with Crippen LogP contribution in [0, 0.1) is 0 Å². The second-order valence-electron chi connectivity index (χ2n) is 3.02. The van der Waals surface area contributed by atoms with E-state index in [0.29, 0.717) is 10.9 Å². The molecule has 1 heterocycles. The number of nitrogens with zero attached hydrogens (tertiary/aromatic N) is 1. The van der Waals surface area contributed by atoms with Gasteiger partial charge in [-0.25, -0.2) is 0 Å². The van der Waals surface area contributed by atoms with Crippen molar-refractivity contribution in [2.24, 2.45) is 0 Å². The highest BCUT2D eigenvalue weighted by atomic mass is 79.9. The van der Waals surface area contributed by atoms with E-state index in [0.717, 1.165) is 23.9 Å². The molecule has 0 saturated carbocycles. The summed E-state index contributed by atoms with van der Waals surface area (Å²) in [6.45, 7) is 0.160. The lowest BCUT2D eigenvalue weighted by atomic mass is 10.2. The van der Waals surface area contributed by atoms with E-state index in [9.17, 15) is 4.79 Å². The van der Waals surface area contributed by atoms with Gasteiger partial charge in [0.25, 0.3) is 5.56 Å². The molecule has 1 aromatic heterocycles. The number of aryl methyl sites for hydroxylation is 1. The first-order valence-corrected chi connectivity index (χ1v) is 6.81. The Labute approximate surface area is 105 Å². The van der Waals surface area contributed by atoms with Gasteiger partial charge in [0.1, 0.15) is 5.76 Å². The van der Waals surface area contributed by atoms with Gasteiger partial charge in [0.05, 0.1) is 5.56 Å². The lowest BCUT2D eigenvalue weighted by Gasteiger charge is -1.96. The van der Waals surface area contributed by atoms with E-state index in [1.165, 1.54) is 11.8 Å². The van der Waals surface area contributed by atoms with Crippen LogP contribution in [0.5, 0.6) is 0 Å². The Kier molecular flexibility index (Phi) is 5.63. The van der Waals surface area contributed by atoms with E-state index < -0.39 is 0 Å². The molecule has 0 unspecified atom stereocenters. The first-order valence-electron chi connectivity index (χ1n) is 4.57. The third-order valence-corrected chi connectivity index (χ3v) is 3.08. The summed E-state index contributed by atoms with van der Waals surface area (Å²) in [6, 6.07) is 0. The van der Waals surface area contributed by atoms with Gasteiger partial charge in [-0.3, -0.25) is 4.79 Å². The summed E-state index contributed by atoms with van der Waals surface area (Å²) in [5.74, 6) is 0.744. The van der Waals surface area contributed by atoms with Crippen LogP contribution in [0.1, 0.15) is 17.7 Å². The molecule has 15 heavy (non-hydrogen) atoms. The molecule has 0 amide bonds. The molecule has 0 radical (unpaired) electrons. The van der Waals surface area contributed by atoms with Gasteiger partial charge in [0.2, 0.25) is 0 Å². The standard InChI is InChI=1S/C9H13Br2NO3/c1-14-6-12-9(13)7(5-11)8(15-12)3-2-4-10/h2-6H2,1H3. The summed E-state index contributed by atoms with van der Waals surface area (Å²) in [5.41, 5.74) is 0.575. The maximum Gasteiger partial charge on any atom is 0.289 e. The molecule has 0 N–H and O–H groups in total. The van der Waals surface area contributed by atoms with Crippen molar-refractivity contribution in [3.05, 3.63) is 21.7 Å². The first kappa shape index (κ1) is 13.0. The van der Waals surface area contributed by atoms with Crippen molar-refractivity contribution in [1.82, 2.24) is 4.74 Å². The van der Waals surface area contributed by atoms with Crippen LogP contribution in [0.3, 0.4) is 0 Å². The molecule has 4 nitrogen and oxygen atoms in total. The minimum absolute atomic E-state index is 0.113. The summed E-state index contributed by atoms with van der Waals surface area (Å²) >= 11 is 6.64. The van der Waals surface area contributed by atoms with Gasteiger partial charge in [0, 0.05) is 24.2 Å². The molecule has 0 aliphatic heterocycles. The number of alkyl halides is 2. The zero-order valence-corrected chi connectivity index (χ0v) is 11.6. The van der Waals surface area contributed by atoms with Gasteiger partial charge in [-0.1, -0.05) is 31.9 Å². The van der Waals surface area contributed by atoms with E-state index >= 15 is 0 Å². The normalized spacial score (nSPS) is 10.9. The second-order valence-corrected chi connectivity index (χ2v) is 4.37. The number of hydrogen-bond acceptors (Lipinski definition) is 3. The summed E-state index contributed by atoms with van der Waals surface area (Å²) < 4.78 is 11.5. The fourth-order valence-corrected chi connectivity index (χ4v) is 2.09. The molecule has 0 bridgehead atoms. The fourth-order valence-electron chi connectivity index (χ4n) is 1.26. The predicted octanol–water partition coefficient (Wildman–Crippen LogP) is 2.27. The Bertz CT molecular complexity index is 359. The molecule has 1 rings (SSSR count). The fraction of sp³-hybridized carbons (Fsp3) is 0.667. The Morgan fingerprint density at radius 2 is 2.20 bits per heavy atom. The number of hydrogen-bond donors (Lipinski definition) is 0. The van der Waals surface area contributed by atoms with Crippen molar-refractivity contribution >= 4 is 31.9 Å². The predicted molar refractivity (Wildman–Crippen MR) is 64.7 cm³/mol. The summed E-state index contributed by atoms with van der Waals surface area (Å²) in [6.07, 6.45) is 1.71. The van der Waals surface area contributed by atoms with Crippen molar-refractivity contribution in [1.29, 1.82) is 0 Å². The number of halogens is 2. The third-order valence-electron chi connectivity index (χ3n) is 1.96. The Morgan fingerprint density at radius 1 is 1.47 bits per heavy atom. The topological polar surface area (TPSA) is 44.4 Å². The highest BCUT2D eigenvalue weighted by Gasteiger charge is 2.15. The molecule has 0 saturated heterocycles. The maximum atomic E-state index is 11.7. The largest absolute Gasteiger partial charge is 0.378 e. The smallest absolute Gasteiger partial charge is 0.289 e. The van der Waals surface area contributed by atoms with Crippen LogP contribution in [0.4, 0.5) is 0 Å². The van der Waals surface area contributed by atoms with Crippen LogP contribution in [-0.4, -0.2) is 17.2 Å². The highest BCUT2D eigenvalue weighted by molar-refractivity contribution is 9.09. The zero-order valence-electron chi connectivity index (χ0n) is 8.46. The minimum atomic E-state index is -0.113. The molecule has 0 aliphatic rings. The average molecular weight is 343 g/mol. The Morgan fingerprint density at radius 3 is 2.73 bits per heavy atom. The Hall–Kier alpha value is -0.0700. The third kappa shape index (κ3) is 3.19. The molecular weight excluding hydrogens is 330 g/mol. The highest BCUT2D eigenvalue weighted by Crippen LogP contribution is 2.12. The first-order chi connectivity index (χ1) is 7.24. The number of rotatable bonds is 6. The van der Waals surface area contributed by atoms with E-state index in [4.69, 9.17) is 9.26 Å². The van der Waals surface area contributed by atoms with Crippen molar-refractivity contribution in [2.45, 2.75) is 24.9 Å². The Balaban J connectivity index is 2.94. The molecule has 0 spiro atoms. The molecule has 0 aromatic carbocycles. The number of methoxy groups -OCH3 is 1. The lowest BCUT2D eigenvalue weighted by molar-refractivity contribution is 0.0545. The summed E-state index contributed by atoms with van der Waals surface area (Å²) in [4.78, 5) is 11.7. The van der Waals surface area contributed by atoms with Gasteiger partial charge in [-0.05, 0) is 6.42 Å². The zero-order chi connectivity index (χ0) is 11.3. The lowest BCUT2D eigenvalue weighted by Crippen LogP contribution is -2.17. The van der Waals surface area contributed by atoms with Gasteiger partial charge < -0.3 is 9.26 Å². The van der Waals surface area contributed by atoms with Crippen molar-refractivity contribution in [3.63, 3.8) is 0 Å².